The van der Waals surface area contributed by atoms with Gasteiger partial charge in [-0.3, -0.25) is 0 Å². The lowest BCUT2D eigenvalue weighted by molar-refractivity contribution is 0.380. The average molecular weight is 213 g/mol. The molecular weight excluding hydrogens is 202 g/mol. The van der Waals surface area contributed by atoms with Crippen LogP contribution in [-0.4, -0.2) is 10.1 Å². The summed E-state index contributed by atoms with van der Waals surface area (Å²) in [7, 11) is 0. The van der Waals surface area contributed by atoms with Gasteiger partial charge in [0.2, 0.25) is 11.7 Å². The first kappa shape index (κ1) is 10.4. The summed E-state index contributed by atoms with van der Waals surface area (Å²) < 4.78 is 5.06. The number of hydrogen-bond donors (Lipinski definition) is 0. The van der Waals surface area contributed by atoms with E-state index >= 15 is 0 Å². The van der Waals surface area contributed by atoms with Crippen LogP contribution in [0, 0.1) is 18.3 Å². The predicted octanol–water partition coefficient (Wildman–Crippen LogP) is 2.50. The highest BCUT2D eigenvalue weighted by atomic mass is 16.5. The maximum Gasteiger partial charge on any atom is 0.227 e. The fourth-order valence-corrected chi connectivity index (χ4v) is 1.45. The Kier molecular flexibility index (Phi) is 2.97. The number of nitriles is 1. The van der Waals surface area contributed by atoms with Crippen molar-refractivity contribution in [3.05, 3.63) is 35.7 Å². The second-order valence-electron chi connectivity index (χ2n) is 3.48. The van der Waals surface area contributed by atoms with Gasteiger partial charge >= 0.3 is 0 Å². The first-order valence-electron chi connectivity index (χ1n) is 5.07. The molecule has 0 bridgehead atoms. The molecule has 16 heavy (non-hydrogen) atoms. The molecule has 0 aliphatic rings. The van der Waals surface area contributed by atoms with Crippen LogP contribution in [0.15, 0.2) is 28.8 Å². The Morgan fingerprint density at radius 3 is 2.94 bits per heavy atom. The van der Waals surface area contributed by atoms with E-state index in [1.165, 1.54) is 0 Å². The first-order chi connectivity index (χ1) is 7.81. The monoisotopic (exact) mass is 213 g/mol. The number of aryl methyl sites for hydroxylation is 2. The van der Waals surface area contributed by atoms with E-state index in [-0.39, 0.29) is 0 Å². The molecule has 0 amide bonds. The minimum atomic E-state index is 0.398. The maximum absolute atomic E-state index is 8.46. The number of nitrogens with zero attached hydrogens (tertiary/aromatic N) is 3. The molecule has 80 valence electrons. The molecule has 1 aromatic carbocycles. The quantitative estimate of drug-likeness (QED) is 0.785. The molecule has 4 nitrogen and oxygen atoms in total. The summed E-state index contributed by atoms with van der Waals surface area (Å²) >= 11 is 0. The molecular formula is C12H11N3O. The van der Waals surface area contributed by atoms with Gasteiger partial charge in [0.25, 0.3) is 0 Å². The van der Waals surface area contributed by atoms with Gasteiger partial charge in [0.05, 0.1) is 6.07 Å². The van der Waals surface area contributed by atoms with Crippen molar-refractivity contribution in [2.45, 2.75) is 19.8 Å². The van der Waals surface area contributed by atoms with Crippen LogP contribution in [0.4, 0.5) is 0 Å². The minimum absolute atomic E-state index is 0.398. The van der Waals surface area contributed by atoms with E-state index < -0.39 is 0 Å². The molecule has 4 heteroatoms. The standard InChI is InChI=1S/C12H11N3O/c1-9-5-2-3-6-10(9)12-14-11(16-15-12)7-4-8-13/h2-3,5-6H,4,7H2,1H3. The Bertz CT molecular complexity index is 525. The van der Waals surface area contributed by atoms with E-state index in [0.29, 0.717) is 24.6 Å². The zero-order valence-electron chi connectivity index (χ0n) is 8.97. The predicted molar refractivity (Wildman–Crippen MR) is 58.4 cm³/mol. The summed E-state index contributed by atoms with van der Waals surface area (Å²) in [5.74, 6) is 1.10. The number of benzene rings is 1. The van der Waals surface area contributed by atoms with Crippen molar-refractivity contribution in [3.63, 3.8) is 0 Å². The van der Waals surface area contributed by atoms with Crippen LogP contribution in [0.25, 0.3) is 11.4 Å². The molecule has 0 aliphatic carbocycles. The van der Waals surface area contributed by atoms with Crippen molar-refractivity contribution in [1.82, 2.24) is 10.1 Å². The van der Waals surface area contributed by atoms with E-state index in [4.69, 9.17) is 9.78 Å². The summed E-state index contributed by atoms with van der Waals surface area (Å²) in [5.41, 5.74) is 2.07. The third kappa shape index (κ3) is 2.09. The minimum Gasteiger partial charge on any atom is -0.339 e. The van der Waals surface area contributed by atoms with Gasteiger partial charge in [-0.15, -0.1) is 0 Å². The van der Waals surface area contributed by atoms with Crippen LogP contribution in [0.3, 0.4) is 0 Å². The Hall–Kier alpha value is -2.15. The Balaban J connectivity index is 2.26. The highest BCUT2D eigenvalue weighted by molar-refractivity contribution is 5.58. The van der Waals surface area contributed by atoms with Crippen molar-refractivity contribution < 1.29 is 4.52 Å². The summed E-state index contributed by atoms with van der Waals surface area (Å²) in [5, 5.41) is 12.4. The summed E-state index contributed by atoms with van der Waals surface area (Å²) in [4.78, 5) is 4.25. The van der Waals surface area contributed by atoms with Crippen molar-refractivity contribution in [2.75, 3.05) is 0 Å². The molecule has 2 rings (SSSR count). The number of rotatable bonds is 3. The average Bonchev–Trinajstić information content (AvgIpc) is 2.75. The Morgan fingerprint density at radius 2 is 2.19 bits per heavy atom. The van der Waals surface area contributed by atoms with Gasteiger partial charge in [0.1, 0.15) is 0 Å². The van der Waals surface area contributed by atoms with Gasteiger partial charge < -0.3 is 4.52 Å². The Labute approximate surface area is 93.5 Å². The molecule has 0 radical (unpaired) electrons. The fraction of sp³-hybridized carbons (Fsp3) is 0.250. The van der Waals surface area contributed by atoms with Crippen LogP contribution in [-0.2, 0) is 6.42 Å². The fourth-order valence-electron chi connectivity index (χ4n) is 1.45. The van der Waals surface area contributed by atoms with Crippen molar-refractivity contribution in [2.24, 2.45) is 0 Å². The molecule has 1 heterocycles. The van der Waals surface area contributed by atoms with Crippen LogP contribution in [0.1, 0.15) is 17.9 Å². The highest BCUT2D eigenvalue weighted by Crippen LogP contribution is 2.19. The molecule has 0 fully saturated rings. The van der Waals surface area contributed by atoms with Crippen LogP contribution in [0.5, 0.6) is 0 Å². The van der Waals surface area contributed by atoms with E-state index in [1.807, 2.05) is 37.3 Å². The lowest BCUT2D eigenvalue weighted by atomic mass is 10.1. The second-order valence-corrected chi connectivity index (χ2v) is 3.48. The first-order valence-corrected chi connectivity index (χ1v) is 5.07. The zero-order valence-corrected chi connectivity index (χ0v) is 8.97. The van der Waals surface area contributed by atoms with Gasteiger partial charge in [-0.25, -0.2) is 0 Å². The summed E-state index contributed by atoms with van der Waals surface area (Å²) in [6.07, 6.45) is 0.908. The molecule has 1 aromatic heterocycles. The molecule has 0 saturated heterocycles. The van der Waals surface area contributed by atoms with E-state index in [2.05, 4.69) is 10.1 Å². The Morgan fingerprint density at radius 1 is 1.38 bits per heavy atom. The molecule has 0 N–H and O–H groups in total. The molecule has 0 aliphatic heterocycles. The van der Waals surface area contributed by atoms with Crippen molar-refractivity contribution >= 4 is 0 Å². The second kappa shape index (κ2) is 4.58. The summed E-state index contributed by atoms with van der Waals surface area (Å²) in [6.45, 7) is 2.00. The zero-order chi connectivity index (χ0) is 11.4. The topological polar surface area (TPSA) is 62.7 Å². The van der Waals surface area contributed by atoms with E-state index in [1.54, 1.807) is 0 Å². The summed E-state index contributed by atoms with van der Waals surface area (Å²) in [6, 6.07) is 9.91. The van der Waals surface area contributed by atoms with Crippen LogP contribution < -0.4 is 0 Å². The van der Waals surface area contributed by atoms with Crippen LogP contribution in [0.2, 0.25) is 0 Å². The lowest BCUT2D eigenvalue weighted by Crippen LogP contribution is -1.86. The normalized spacial score (nSPS) is 10.0. The lowest BCUT2D eigenvalue weighted by Gasteiger charge is -1.97. The van der Waals surface area contributed by atoms with Gasteiger partial charge in [-0.05, 0) is 12.5 Å². The third-order valence-corrected chi connectivity index (χ3v) is 2.30. The third-order valence-electron chi connectivity index (χ3n) is 2.30. The molecule has 2 aromatic rings. The van der Waals surface area contributed by atoms with Crippen LogP contribution >= 0.6 is 0 Å². The van der Waals surface area contributed by atoms with Crippen molar-refractivity contribution in [1.29, 1.82) is 5.26 Å². The molecule has 0 spiro atoms. The van der Waals surface area contributed by atoms with Gasteiger partial charge in [0, 0.05) is 18.4 Å². The largest absolute Gasteiger partial charge is 0.339 e. The van der Waals surface area contributed by atoms with Gasteiger partial charge in [-0.2, -0.15) is 10.2 Å². The molecule has 0 saturated carbocycles. The maximum atomic E-state index is 8.46. The number of aromatic nitrogens is 2. The molecule has 0 atom stereocenters. The molecule has 0 unspecified atom stereocenters. The highest BCUT2D eigenvalue weighted by Gasteiger charge is 2.09. The van der Waals surface area contributed by atoms with Gasteiger partial charge in [-0.1, -0.05) is 29.4 Å². The van der Waals surface area contributed by atoms with E-state index in [0.717, 1.165) is 11.1 Å². The van der Waals surface area contributed by atoms with Gasteiger partial charge in [0.15, 0.2) is 0 Å². The van der Waals surface area contributed by atoms with Crippen molar-refractivity contribution in [3.8, 4) is 17.5 Å². The van der Waals surface area contributed by atoms with E-state index in [9.17, 15) is 0 Å². The SMILES string of the molecule is Cc1ccccc1-c1noc(CCC#N)n1. The number of hydrogen-bond acceptors (Lipinski definition) is 4. The smallest absolute Gasteiger partial charge is 0.227 e.